The molecular formula is C26H28FN3O7S2. The highest BCUT2D eigenvalue weighted by molar-refractivity contribution is 7.92. The molecule has 208 valence electrons. The van der Waals surface area contributed by atoms with Gasteiger partial charge in [-0.1, -0.05) is 29.8 Å². The van der Waals surface area contributed by atoms with E-state index >= 15 is 0 Å². The maximum atomic E-state index is 14.7. The lowest BCUT2D eigenvalue weighted by Crippen LogP contribution is -2.40. The van der Waals surface area contributed by atoms with Gasteiger partial charge in [-0.2, -0.15) is 4.31 Å². The highest BCUT2D eigenvalue weighted by atomic mass is 32.2. The van der Waals surface area contributed by atoms with Gasteiger partial charge in [-0.05, 0) is 49.4 Å². The minimum absolute atomic E-state index is 0.0782. The molecule has 0 spiro atoms. The second-order valence-electron chi connectivity index (χ2n) is 8.71. The normalized spacial score (nSPS) is 14.5. The summed E-state index contributed by atoms with van der Waals surface area (Å²) in [6.45, 7) is 1.85. The van der Waals surface area contributed by atoms with Crippen molar-refractivity contribution in [2.75, 3.05) is 49.6 Å². The number of ether oxygens (including phenoxy) is 2. The molecule has 0 saturated carbocycles. The molecule has 1 amide bonds. The first kappa shape index (κ1) is 28.5. The Kier molecular flexibility index (Phi) is 8.54. The smallest absolute Gasteiger partial charge is 0.264 e. The summed E-state index contributed by atoms with van der Waals surface area (Å²) < 4.78 is 80.7. The number of carbonyl (C=O) groups is 1. The Labute approximate surface area is 227 Å². The quantitative estimate of drug-likeness (QED) is 0.415. The van der Waals surface area contributed by atoms with Crippen LogP contribution in [0.25, 0.3) is 0 Å². The fourth-order valence-electron chi connectivity index (χ4n) is 4.00. The van der Waals surface area contributed by atoms with Crippen molar-refractivity contribution >= 4 is 37.3 Å². The zero-order valence-electron chi connectivity index (χ0n) is 21.3. The molecule has 0 bridgehead atoms. The third kappa shape index (κ3) is 6.22. The van der Waals surface area contributed by atoms with Crippen LogP contribution < -0.4 is 14.4 Å². The summed E-state index contributed by atoms with van der Waals surface area (Å²) in [5.41, 5.74) is 0.610. The molecular weight excluding hydrogens is 549 g/mol. The molecule has 1 N–H and O–H groups in total. The minimum atomic E-state index is -4.34. The molecule has 39 heavy (non-hydrogen) atoms. The second kappa shape index (κ2) is 11.7. The average molecular weight is 578 g/mol. The molecule has 3 aromatic carbocycles. The van der Waals surface area contributed by atoms with E-state index in [1.807, 2.05) is 0 Å². The number of rotatable bonds is 9. The van der Waals surface area contributed by atoms with E-state index in [0.717, 1.165) is 11.6 Å². The van der Waals surface area contributed by atoms with Crippen molar-refractivity contribution in [3.05, 3.63) is 78.1 Å². The Morgan fingerprint density at radius 2 is 1.69 bits per heavy atom. The zero-order chi connectivity index (χ0) is 28.2. The lowest BCUT2D eigenvalue weighted by atomic mass is 10.2. The van der Waals surface area contributed by atoms with Crippen molar-refractivity contribution in [3.8, 4) is 5.75 Å². The van der Waals surface area contributed by atoms with Crippen LogP contribution in [-0.4, -0.2) is 67.0 Å². The molecule has 0 aromatic heterocycles. The summed E-state index contributed by atoms with van der Waals surface area (Å²) >= 11 is 0. The van der Waals surface area contributed by atoms with E-state index in [9.17, 15) is 26.0 Å². The number of amides is 1. The lowest BCUT2D eigenvalue weighted by Gasteiger charge is -2.27. The highest BCUT2D eigenvalue weighted by Gasteiger charge is 2.31. The molecule has 1 aliphatic rings. The number of morpholine rings is 1. The number of para-hydroxylation sites is 1. The van der Waals surface area contributed by atoms with Gasteiger partial charge in [-0.3, -0.25) is 9.10 Å². The van der Waals surface area contributed by atoms with Gasteiger partial charge in [0.05, 0.1) is 30.9 Å². The number of methoxy groups -OCH3 is 1. The van der Waals surface area contributed by atoms with Crippen LogP contribution in [0.2, 0.25) is 0 Å². The maximum absolute atomic E-state index is 14.7. The van der Waals surface area contributed by atoms with Gasteiger partial charge in [0, 0.05) is 18.8 Å². The first-order valence-electron chi connectivity index (χ1n) is 11.9. The van der Waals surface area contributed by atoms with Gasteiger partial charge in [0.1, 0.15) is 23.0 Å². The van der Waals surface area contributed by atoms with Crippen LogP contribution in [0.4, 0.5) is 15.8 Å². The fourth-order valence-corrected chi connectivity index (χ4v) is 7.02. The molecule has 0 radical (unpaired) electrons. The van der Waals surface area contributed by atoms with Crippen molar-refractivity contribution in [1.29, 1.82) is 0 Å². The Balaban J connectivity index is 1.65. The standard InChI is InChI=1S/C26H28FN3O7S2/c1-19-7-10-21(11-8-19)38(32,33)30(23-6-4-3-5-22(23)27)18-26(31)28-20-9-12-24(36-2)25(17-20)39(34,35)29-13-15-37-16-14-29/h3-12,17H,13-16,18H2,1-2H3,(H,28,31). The van der Waals surface area contributed by atoms with Gasteiger partial charge >= 0.3 is 0 Å². The van der Waals surface area contributed by atoms with Crippen LogP contribution in [0.3, 0.4) is 0 Å². The van der Waals surface area contributed by atoms with Crippen LogP contribution >= 0.6 is 0 Å². The molecule has 0 aliphatic carbocycles. The number of halogens is 1. The van der Waals surface area contributed by atoms with Gasteiger partial charge in [-0.15, -0.1) is 0 Å². The molecule has 10 nitrogen and oxygen atoms in total. The summed E-state index contributed by atoms with van der Waals surface area (Å²) in [6, 6.07) is 15.2. The number of nitrogens with one attached hydrogen (secondary N) is 1. The average Bonchev–Trinajstić information content (AvgIpc) is 2.93. The molecule has 3 aromatic rings. The summed E-state index contributed by atoms with van der Waals surface area (Å²) in [5.74, 6) is -1.56. The SMILES string of the molecule is COc1ccc(NC(=O)CN(c2ccccc2F)S(=O)(=O)c2ccc(C)cc2)cc1S(=O)(=O)N1CCOCC1. The third-order valence-corrected chi connectivity index (χ3v) is 9.75. The number of hydrogen-bond donors (Lipinski definition) is 1. The van der Waals surface area contributed by atoms with Crippen LogP contribution in [0.1, 0.15) is 5.56 Å². The largest absolute Gasteiger partial charge is 0.495 e. The summed E-state index contributed by atoms with van der Waals surface area (Å²) in [5, 5.41) is 2.53. The predicted molar refractivity (Wildman–Crippen MR) is 143 cm³/mol. The van der Waals surface area contributed by atoms with E-state index in [0.29, 0.717) is 4.31 Å². The van der Waals surface area contributed by atoms with Crippen LogP contribution in [0.15, 0.2) is 76.5 Å². The molecule has 0 unspecified atom stereocenters. The van der Waals surface area contributed by atoms with Crippen LogP contribution in [-0.2, 0) is 29.6 Å². The summed E-state index contributed by atoms with van der Waals surface area (Å²) in [4.78, 5) is 12.8. The van der Waals surface area contributed by atoms with Crippen molar-refractivity contribution in [2.24, 2.45) is 0 Å². The van der Waals surface area contributed by atoms with E-state index in [1.54, 1.807) is 19.1 Å². The number of nitrogens with zero attached hydrogens (tertiary/aromatic N) is 2. The third-order valence-electron chi connectivity index (χ3n) is 6.05. The fraction of sp³-hybridized carbons (Fsp3) is 0.269. The molecule has 1 heterocycles. The van der Waals surface area contributed by atoms with Crippen molar-refractivity contribution < 1.29 is 35.5 Å². The number of carbonyl (C=O) groups excluding carboxylic acids is 1. The highest BCUT2D eigenvalue weighted by Crippen LogP contribution is 2.31. The van der Waals surface area contributed by atoms with Crippen molar-refractivity contribution in [2.45, 2.75) is 16.7 Å². The number of hydrogen-bond acceptors (Lipinski definition) is 7. The van der Waals surface area contributed by atoms with Gasteiger partial charge in [0.2, 0.25) is 15.9 Å². The first-order chi connectivity index (χ1) is 18.5. The van der Waals surface area contributed by atoms with E-state index < -0.39 is 38.3 Å². The molecule has 4 rings (SSSR count). The Morgan fingerprint density at radius 1 is 1.03 bits per heavy atom. The van der Waals surface area contributed by atoms with E-state index in [4.69, 9.17) is 9.47 Å². The van der Waals surface area contributed by atoms with Gasteiger partial charge in [0.15, 0.2) is 0 Å². The molecule has 1 fully saturated rings. The van der Waals surface area contributed by atoms with Gasteiger partial charge in [-0.25, -0.2) is 21.2 Å². The minimum Gasteiger partial charge on any atom is -0.495 e. The number of anilines is 2. The number of sulfonamides is 2. The number of aryl methyl sites for hydroxylation is 1. The zero-order valence-corrected chi connectivity index (χ0v) is 23.0. The second-order valence-corrected chi connectivity index (χ2v) is 12.5. The first-order valence-corrected chi connectivity index (χ1v) is 14.8. The Bertz CT molecular complexity index is 1560. The lowest BCUT2D eigenvalue weighted by molar-refractivity contribution is -0.114. The van der Waals surface area contributed by atoms with Crippen LogP contribution in [0.5, 0.6) is 5.75 Å². The van der Waals surface area contributed by atoms with Gasteiger partial charge in [0.25, 0.3) is 10.0 Å². The summed E-state index contributed by atoms with van der Waals surface area (Å²) in [6.07, 6.45) is 0. The predicted octanol–water partition coefficient (Wildman–Crippen LogP) is 3.00. The topological polar surface area (TPSA) is 122 Å². The monoisotopic (exact) mass is 577 g/mol. The van der Waals surface area contributed by atoms with E-state index in [1.165, 1.54) is 59.9 Å². The summed E-state index contributed by atoms with van der Waals surface area (Å²) in [7, 11) is -6.99. The number of benzene rings is 3. The van der Waals surface area contributed by atoms with Crippen molar-refractivity contribution in [3.63, 3.8) is 0 Å². The van der Waals surface area contributed by atoms with Gasteiger partial charge < -0.3 is 14.8 Å². The molecule has 0 atom stereocenters. The van der Waals surface area contributed by atoms with E-state index in [-0.39, 0.29) is 53.2 Å². The maximum Gasteiger partial charge on any atom is 0.264 e. The Hall–Kier alpha value is -3.52. The molecule has 1 aliphatic heterocycles. The van der Waals surface area contributed by atoms with Crippen LogP contribution in [0, 0.1) is 12.7 Å². The Morgan fingerprint density at radius 3 is 2.33 bits per heavy atom. The molecule has 13 heteroatoms. The molecule has 1 saturated heterocycles. The van der Waals surface area contributed by atoms with E-state index in [2.05, 4.69) is 5.32 Å². The van der Waals surface area contributed by atoms with Crippen molar-refractivity contribution in [1.82, 2.24) is 4.31 Å².